The van der Waals surface area contributed by atoms with Crippen LogP contribution in [0.15, 0.2) is 34.0 Å². The van der Waals surface area contributed by atoms with Crippen LogP contribution in [-0.2, 0) is 0 Å². The van der Waals surface area contributed by atoms with Crippen molar-refractivity contribution in [1.82, 2.24) is 0 Å². The van der Waals surface area contributed by atoms with Crippen molar-refractivity contribution in [2.75, 3.05) is 0 Å². The van der Waals surface area contributed by atoms with Crippen molar-refractivity contribution < 1.29 is 33.3 Å². The Hall–Kier alpha value is -0.461. The Morgan fingerprint density at radius 3 is 2.36 bits per heavy atom. The molecule has 0 radical (unpaired) electrons. The van der Waals surface area contributed by atoms with Crippen LogP contribution in [0, 0.1) is 10.2 Å². The van der Waals surface area contributed by atoms with Crippen molar-refractivity contribution >= 4 is 24.1 Å². The number of hydrogen-bond acceptors (Lipinski definition) is 4. The Morgan fingerprint density at radius 2 is 1.79 bits per heavy atom. The van der Waals surface area contributed by atoms with Crippen molar-refractivity contribution in [3.8, 4) is 0 Å². The second kappa shape index (κ2) is 4.86. The molecular formula is C7H5ClO5Se. The van der Waals surface area contributed by atoms with Gasteiger partial charge in [0.1, 0.15) is 0 Å². The van der Waals surface area contributed by atoms with E-state index in [1.54, 1.807) is 6.26 Å². The fourth-order valence-electron chi connectivity index (χ4n) is 0.778. The first-order valence-corrected chi connectivity index (χ1v) is 6.39. The molecule has 0 N–H and O–H groups in total. The molecule has 2 aromatic rings. The molecule has 2 heterocycles. The monoisotopic (exact) mass is 284 g/mol. The minimum absolute atomic E-state index is 0.528. The summed E-state index contributed by atoms with van der Waals surface area (Å²) in [5.41, 5.74) is 0. The van der Waals surface area contributed by atoms with Crippen LogP contribution in [0.3, 0.4) is 0 Å². The van der Waals surface area contributed by atoms with E-state index < -0.39 is 10.2 Å². The molecule has 76 valence electrons. The number of hydrogen-bond donors (Lipinski definition) is 0. The van der Waals surface area contributed by atoms with E-state index in [2.05, 4.69) is 11.0 Å². The maximum atomic E-state index is 8.49. The Bertz CT molecular complexity index is 360. The van der Waals surface area contributed by atoms with Crippen LogP contribution < -0.4 is 18.6 Å². The van der Waals surface area contributed by atoms with Gasteiger partial charge in [0, 0.05) is 0 Å². The Kier molecular flexibility index (Phi) is 4.03. The zero-order valence-corrected chi connectivity index (χ0v) is 9.18. The zero-order chi connectivity index (χ0) is 10.6. The van der Waals surface area contributed by atoms with Crippen molar-refractivity contribution in [3.05, 3.63) is 29.6 Å². The normalized spacial score (nSPS) is 10.9. The molecule has 5 nitrogen and oxygen atoms in total. The molecule has 0 aliphatic heterocycles. The molecule has 2 aromatic heterocycles. The van der Waals surface area contributed by atoms with Crippen LogP contribution >= 0.6 is 0 Å². The van der Waals surface area contributed by atoms with Gasteiger partial charge in [0.15, 0.2) is 0 Å². The minimum atomic E-state index is -4.94. The molecule has 0 spiro atoms. The van der Waals surface area contributed by atoms with Gasteiger partial charge in [-0.25, -0.2) is 18.6 Å². The molecule has 7 heteroatoms. The van der Waals surface area contributed by atoms with E-state index in [0.29, 0.717) is 14.5 Å². The topological polar surface area (TPSA) is 104 Å². The molecule has 0 saturated carbocycles. The van der Waals surface area contributed by atoms with E-state index >= 15 is 0 Å². The predicted molar refractivity (Wildman–Crippen MR) is 37.6 cm³/mol. The summed E-state index contributed by atoms with van der Waals surface area (Å²) in [4.78, 5) is 2.20. The van der Waals surface area contributed by atoms with Crippen LogP contribution in [0.4, 0.5) is 0 Å². The Morgan fingerprint density at radius 1 is 1.14 bits per heavy atom. The van der Waals surface area contributed by atoms with Crippen LogP contribution in [0.5, 0.6) is 0 Å². The molecular weight excluding hydrogens is 278 g/mol. The average Bonchev–Trinajstić information content (AvgIpc) is 2.47. The van der Waals surface area contributed by atoms with E-state index in [1.807, 2.05) is 12.3 Å². The number of fused-ring (bicyclic) bond motifs is 1. The molecule has 0 bridgehead atoms. The quantitative estimate of drug-likeness (QED) is 0.379. The van der Waals surface area contributed by atoms with E-state index in [1.165, 1.54) is 9.65 Å². The van der Waals surface area contributed by atoms with Crippen molar-refractivity contribution in [2.24, 2.45) is 0 Å². The van der Waals surface area contributed by atoms with Gasteiger partial charge in [-0.2, -0.15) is 0 Å². The molecule has 0 fully saturated rings. The third kappa shape index (κ3) is 4.69. The first kappa shape index (κ1) is 11.6. The fraction of sp³-hybridized carbons (Fsp3) is 0. The van der Waals surface area contributed by atoms with Gasteiger partial charge in [0.05, 0.1) is 0 Å². The van der Waals surface area contributed by atoms with Crippen LogP contribution in [0.1, 0.15) is 0 Å². The van der Waals surface area contributed by atoms with Crippen molar-refractivity contribution in [3.63, 3.8) is 0 Å². The Balaban J connectivity index is 0.000000171. The summed E-state index contributed by atoms with van der Waals surface area (Å²) >= 11 is 0.528. The van der Waals surface area contributed by atoms with Gasteiger partial charge in [-0.15, -0.1) is 10.2 Å². The summed E-state index contributed by atoms with van der Waals surface area (Å²) < 4.78 is 40.3. The van der Waals surface area contributed by atoms with E-state index in [9.17, 15) is 0 Å². The summed E-state index contributed by atoms with van der Waals surface area (Å²) in [6.07, 6.45) is 3.54. The van der Waals surface area contributed by atoms with Crippen LogP contribution in [0.2, 0.25) is 0 Å². The zero-order valence-electron chi connectivity index (χ0n) is 6.71. The average molecular weight is 284 g/mol. The third-order valence-corrected chi connectivity index (χ3v) is 3.03. The first-order valence-electron chi connectivity index (χ1n) is 3.31. The van der Waals surface area contributed by atoms with E-state index in [0.717, 1.165) is 0 Å². The van der Waals surface area contributed by atoms with Crippen molar-refractivity contribution in [2.45, 2.75) is 0 Å². The van der Waals surface area contributed by atoms with Gasteiger partial charge in [-0.05, 0) is 0 Å². The summed E-state index contributed by atoms with van der Waals surface area (Å²) in [6.45, 7) is 0. The summed E-state index contributed by atoms with van der Waals surface area (Å²) in [5, 5.41) is 1.32. The molecule has 0 amide bonds. The molecule has 0 aliphatic rings. The Labute approximate surface area is 87.3 Å². The van der Waals surface area contributed by atoms with Gasteiger partial charge in [0.2, 0.25) is 0 Å². The SMILES string of the molecule is [O-][Cl+3]([O-])([O-])[O-].c1cc2cc[se]c2c[o+]1. The molecule has 0 atom stereocenters. The fourth-order valence-corrected chi connectivity index (χ4v) is 2.34. The maximum absolute atomic E-state index is 8.49. The summed E-state index contributed by atoms with van der Waals surface area (Å²) in [7, 11) is -4.94. The number of rotatable bonds is 0. The van der Waals surface area contributed by atoms with E-state index in [-0.39, 0.29) is 0 Å². The van der Waals surface area contributed by atoms with Gasteiger partial charge >= 0.3 is 58.2 Å². The number of halogens is 1. The van der Waals surface area contributed by atoms with Crippen LogP contribution in [0.25, 0.3) is 9.65 Å². The van der Waals surface area contributed by atoms with Gasteiger partial charge < -0.3 is 0 Å². The second-order valence-corrected chi connectivity index (χ2v) is 4.92. The predicted octanol–water partition coefficient (Wildman–Crippen LogP) is -2.99. The molecule has 0 saturated heterocycles. The standard InChI is InChI=1S/C7H5OSe.ClHO4/c1-3-8-5-7-6(1)2-4-9-7;2-1(3,4)5/h1-5H;(H,2,3,4,5)/q+1;/p-1. The summed E-state index contributed by atoms with van der Waals surface area (Å²) in [5.74, 6) is 0. The molecule has 2 rings (SSSR count). The van der Waals surface area contributed by atoms with Crippen LogP contribution in [-0.4, -0.2) is 14.5 Å². The van der Waals surface area contributed by atoms with Crippen molar-refractivity contribution in [1.29, 1.82) is 0 Å². The third-order valence-electron chi connectivity index (χ3n) is 1.23. The molecule has 14 heavy (non-hydrogen) atoms. The molecule has 0 unspecified atom stereocenters. The van der Waals surface area contributed by atoms with E-state index in [4.69, 9.17) is 23.1 Å². The molecule has 0 aromatic carbocycles. The molecule has 0 aliphatic carbocycles. The second-order valence-electron chi connectivity index (χ2n) is 2.17. The summed E-state index contributed by atoms with van der Waals surface area (Å²) in [6, 6.07) is 4.14. The van der Waals surface area contributed by atoms with Gasteiger partial charge in [-0.3, -0.25) is 0 Å². The first-order chi connectivity index (χ1) is 6.47. The van der Waals surface area contributed by atoms with Gasteiger partial charge in [0.25, 0.3) is 0 Å². The van der Waals surface area contributed by atoms with Gasteiger partial charge in [-0.1, -0.05) is 0 Å².